The van der Waals surface area contributed by atoms with Crippen molar-refractivity contribution in [3.8, 4) is 0 Å². The molecule has 0 saturated carbocycles. The van der Waals surface area contributed by atoms with Crippen LogP contribution in [0.1, 0.15) is 22.6 Å². The van der Waals surface area contributed by atoms with Crippen LogP contribution in [0.4, 0.5) is 0 Å². The molecule has 0 aliphatic carbocycles. The highest BCUT2D eigenvalue weighted by Gasteiger charge is 2.10. The quantitative estimate of drug-likeness (QED) is 0.656. The van der Waals surface area contributed by atoms with Gasteiger partial charge in [-0.1, -0.05) is 0 Å². The summed E-state index contributed by atoms with van der Waals surface area (Å²) in [5, 5.41) is 8.62. The van der Waals surface area contributed by atoms with E-state index in [0.717, 1.165) is 16.9 Å². The van der Waals surface area contributed by atoms with Crippen LogP contribution in [-0.2, 0) is 11.8 Å². The molecule has 0 unspecified atom stereocenters. The van der Waals surface area contributed by atoms with Crippen LogP contribution in [0.3, 0.4) is 0 Å². The number of aromatic nitrogens is 2. The SMILES string of the molecule is Cc1nc2cc(C(=O)OCCCO)ccc2n1C. The fourth-order valence-electron chi connectivity index (χ4n) is 1.76. The molecule has 96 valence electrons. The monoisotopic (exact) mass is 248 g/mol. The Bertz CT molecular complexity index is 575. The van der Waals surface area contributed by atoms with Crippen LogP contribution >= 0.6 is 0 Å². The van der Waals surface area contributed by atoms with Gasteiger partial charge in [0.1, 0.15) is 5.82 Å². The lowest BCUT2D eigenvalue weighted by atomic mass is 10.2. The predicted octanol–water partition coefficient (Wildman–Crippen LogP) is 1.42. The van der Waals surface area contributed by atoms with Gasteiger partial charge in [-0.3, -0.25) is 0 Å². The van der Waals surface area contributed by atoms with Crippen LogP contribution in [-0.4, -0.2) is 33.8 Å². The number of benzene rings is 1. The van der Waals surface area contributed by atoms with Crippen LogP contribution in [0, 0.1) is 6.92 Å². The maximum atomic E-state index is 11.7. The molecule has 1 aromatic carbocycles. The van der Waals surface area contributed by atoms with Gasteiger partial charge in [0.25, 0.3) is 0 Å². The van der Waals surface area contributed by atoms with Crippen molar-refractivity contribution in [2.24, 2.45) is 7.05 Å². The molecule has 1 aromatic heterocycles. The van der Waals surface area contributed by atoms with Crippen molar-refractivity contribution in [3.05, 3.63) is 29.6 Å². The number of carbonyl (C=O) groups is 1. The zero-order valence-electron chi connectivity index (χ0n) is 10.5. The minimum Gasteiger partial charge on any atom is -0.462 e. The van der Waals surface area contributed by atoms with Crippen molar-refractivity contribution in [1.29, 1.82) is 0 Å². The minimum atomic E-state index is -0.381. The summed E-state index contributed by atoms with van der Waals surface area (Å²) in [6, 6.07) is 5.31. The van der Waals surface area contributed by atoms with Gasteiger partial charge in [0.2, 0.25) is 0 Å². The molecule has 0 amide bonds. The molecule has 18 heavy (non-hydrogen) atoms. The molecular formula is C13H16N2O3. The molecule has 1 N–H and O–H groups in total. The fraction of sp³-hybridized carbons (Fsp3) is 0.385. The number of aliphatic hydroxyl groups is 1. The van der Waals surface area contributed by atoms with Crippen molar-refractivity contribution in [2.45, 2.75) is 13.3 Å². The first-order chi connectivity index (χ1) is 8.63. The third-order valence-corrected chi connectivity index (χ3v) is 2.88. The Morgan fingerprint density at radius 3 is 3.00 bits per heavy atom. The predicted molar refractivity (Wildman–Crippen MR) is 67.4 cm³/mol. The number of aryl methyl sites for hydroxylation is 2. The van der Waals surface area contributed by atoms with Gasteiger partial charge in [0, 0.05) is 20.1 Å². The standard InChI is InChI=1S/C13H16N2O3/c1-9-14-11-8-10(4-5-12(11)15(9)2)13(17)18-7-3-6-16/h4-5,8,16H,3,6-7H2,1-2H3. The van der Waals surface area contributed by atoms with Crippen LogP contribution in [0.5, 0.6) is 0 Å². The Morgan fingerprint density at radius 1 is 1.50 bits per heavy atom. The summed E-state index contributed by atoms with van der Waals surface area (Å²) in [6.45, 7) is 2.17. The first-order valence-corrected chi connectivity index (χ1v) is 5.84. The van der Waals surface area contributed by atoms with Crippen molar-refractivity contribution in [3.63, 3.8) is 0 Å². The first-order valence-electron chi connectivity index (χ1n) is 5.84. The first kappa shape index (κ1) is 12.6. The number of ether oxygens (including phenoxy) is 1. The van der Waals surface area contributed by atoms with E-state index >= 15 is 0 Å². The topological polar surface area (TPSA) is 64.3 Å². The highest BCUT2D eigenvalue weighted by Crippen LogP contribution is 2.16. The number of hydrogen-bond acceptors (Lipinski definition) is 4. The van der Waals surface area contributed by atoms with Crippen LogP contribution < -0.4 is 0 Å². The number of hydrogen-bond donors (Lipinski definition) is 1. The molecule has 5 heteroatoms. The zero-order valence-corrected chi connectivity index (χ0v) is 10.5. The molecule has 0 aliphatic heterocycles. The van der Waals surface area contributed by atoms with Gasteiger partial charge < -0.3 is 14.4 Å². The highest BCUT2D eigenvalue weighted by atomic mass is 16.5. The summed E-state index contributed by atoms with van der Waals surface area (Å²) in [6.07, 6.45) is 0.455. The summed E-state index contributed by atoms with van der Waals surface area (Å²) >= 11 is 0. The number of nitrogens with zero attached hydrogens (tertiary/aromatic N) is 2. The summed E-state index contributed by atoms with van der Waals surface area (Å²) in [7, 11) is 1.93. The summed E-state index contributed by atoms with van der Waals surface area (Å²) in [5.41, 5.74) is 2.25. The maximum absolute atomic E-state index is 11.7. The fourth-order valence-corrected chi connectivity index (χ4v) is 1.76. The number of carbonyl (C=O) groups excluding carboxylic acids is 1. The van der Waals surface area contributed by atoms with Gasteiger partial charge >= 0.3 is 5.97 Å². The second-order valence-electron chi connectivity index (χ2n) is 4.13. The zero-order chi connectivity index (χ0) is 13.1. The van der Waals surface area contributed by atoms with Gasteiger partial charge in [-0.25, -0.2) is 9.78 Å². The minimum absolute atomic E-state index is 0.0196. The van der Waals surface area contributed by atoms with Crippen molar-refractivity contribution >= 4 is 17.0 Å². The Balaban J connectivity index is 2.22. The molecule has 0 saturated heterocycles. The summed E-state index contributed by atoms with van der Waals surface area (Å²) in [4.78, 5) is 16.1. The smallest absolute Gasteiger partial charge is 0.338 e. The van der Waals surface area contributed by atoms with E-state index in [4.69, 9.17) is 9.84 Å². The normalized spacial score (nSPS) is 10.8. The van der Waals surface area contributed by atoms with E-state index in [0.29, 0.717) is 12.0 Å². The van der Waals surface area contributed by atoms with E-state index < -0.39 is 0 Å². The van der Waals surface area contributed by atoms with Crippen LogP contribution in [0.2, 0.25) is 0 Å². The summed E-state index contributed by atoms with van der Waals surface area (Å²) < 4.78 is 6.99. The molecule has 0 aliphatic rings. The molecular weight excluding hydrogens is 232 g/mol. The Kier molecular flexibility index (Phi) is 3.62. The van der Waals surface area contributed by atoms with Crippen molar-refractivity contribution < 1.29 is 14.6 Å². The maximum Gasteiger partial charge on any atom is 0.338 e. The van der Waals surface area contributed by atoms with Gasteiger partial charge in [-0.2, -0.15) is 0 Å². The van der Waals surface area contributed by atoms with Gasteiger partial charge in [0.15, 0.2) is 0 Å². The van der Waals surface area contributed by atoms with Gasteiger partial charge in [-0.05, 0) is 25.1 Å². The molecule has 0 atom stereocenters. The number of imidazole rings is 1. The van der Waals surface area contributed by atoms with E-state index in [1.807, 2.05) is 24.6 Å². The lowest BCUT2D eigenvalue weighted by molar-refractivity contribution is 0.0482. The van der Waals surface area contributed by atoms with Crippen LogP contribution in [0.25, 0.3) is 11.0 Å². The van der Waals surface area contributed by atoms with E-state index in [2.05, 4.69) is 4.98 Å². The lowest BCUT2D eigenvalue weighted by Crippen LogP contribution is -2.07. The molecule has 0 spiro atoms. The molecule has 0 bridgehead atoms. The second-order valence-corrected chi connectivity index (χ2v) is 4.13. The van der Waals surface area contributed by atoms with Gasteiger partial charge in [-0.15, -0.1) is 0 Å². The van der Waals surface area contributed by atoms with Crippen molar-refractivity contribution in [2.75, 3.05) is 13.2 Å². The third-order valence-electron chi connectivity index (χ3n) is 2.88. The second kappa shape index (κ2) is 5.18. The Labute approximate surface area is 105 Å². The Hall–Kier alpha value is -1.88. The average molecular weight is 248 g/mol. The number of esters is 1. The molecule has 0 fully saturated rings. The number of aliphatic hydroxyl groups excluding tert-OH is 1. The van der Waals surface area contributed by atoms with Crippen LogP contribution in [0.15, 0.2) is 18.2 Å². The summed E-state index contributed by atoms with van der Waals surface area (Å²) in [5.74, 6) is 0.518. The van der Waals surface area contributed by atoms with E-state index in [-0.39, 0.29) is 19.2 Å². The van der Waals surface area contributed by atoms with Crippen molar-refractivity contribution in [1.82, 2.24) is 9.55 Å². The molecule has 5 nitrogen and oxygen atoms in total. The van der Waals surface area contributed by atoms with E-state index in [9.17, 15) is 4.79 Å². The molecule has 0 radical (unpaired) electrons. The molecule has 2 aromatic rings. The third kappa shape index (κ3) is 2.36. The molecule has 2 rings (SSSR count). The number of rotatable bonds is 4. The van der Waals surface area contributed by atoms with E-state index in [1.54, 1.807) is 12.1 Å². The highest BCUT2D eigenvalue weighted by molar-refractivity contribution is 5.93. The largest absolute Gasteiger partial charge is 0.462 e. The Morgan fingerprint density at radius 2 is 2.28 bits per heavy atom. The average Bonchev–Trinajstić information content (AvgIpc) is 2.65. The number of fused-ring (bicyclic) bond motifs is 1. The lowest BCUT2D eigenvalue weighted by Gasteiger charge is -2.03. The molecule has 1 heterocycles. The van der Waals surface area contributed by atoms with E-state index in [1.165, 1.54) is 0 Å². The van der Waals surface area contributed by atoms with Gasteiger partial charge in [0.05, 0.1) is 23.2 Å².